The van der Waals surface area contributed by atoms with E-state index in [4.69, 9.17) is 10.3 Å². The summed E-state index contributed by atoms with van der Waals surface area (Å²) in [7, 11) is 0. The molecule has 4 heteroatoms. The van der Waals surface area contributed by atoms with Crippen molar-refractivity contribution in [2.45, 2.75) is 20.8 Å². The van der Waals surface area contributed by atoms with Gasteiger partial charge in [-0.15, -0.1) is 0 Å². The van der Waals surface area contributed by atoms with Crippen LogP contribution in [0.3, 0.4) is 0 Å². The molecule has 0 radical (unpaired) electrons. The van der Waals surface area contributed by atoms with E-state index in [1.807, 2.05) is 19.9 Å². The van der Waals surface area contributed by atoms with Crippen molar-refractivity contribution in [2.75, 3.05) is 13.2 Å². The Bertz CT molecular complexity index is 395. The predicted octanol–water partition coefficient (Wildman–Crippen LogP) is 3.30. The van der Waals surface area contributed by atoms with Crippen molar-refractivity contribution >= 4 is 0 Å². The standard InChI is InChI=1S/C11H15N3O/c1-8-4-5-9(2)11(10(8)3)15-7-6-13-14-12/h4-5H,6-7H2,1-3H3. The highest BCUT2D eigenvalue weighted by Gasteiger charge is 2.05. The zero-order chi connectivity index (χ0) is 11.3. The number of benzene rings is 1. The maximum absolute atomic E-state index is 8.12. The summed E-state index contributed by atoms with van der Waals surface area (Å²) in [5.74, 6) is 0.906. The molecule has 0 aromatic heterocycles. The summed E-state index contributed by atoms with van der Waals surface area (Å²) in [5.41, 5.74) is 11.6. The van der Waals surface area contributed by atoms with Crippen LogP contribution in [0.1, 0.15) is 16.7 Å². The first kappa shape index (κ1) is 11.4. The highest BCUT2D eigenvalue weighted by atomic mass is 16.5. The van der Waals surface area contributed by atoms with E-state index < -0.39 is 0 Å². The number of hydrogen-bond donors (Lipinski definition) is 0. The fraction of sp³-hybridized carbons (Fsp3) is 0.455. The Kier molecular flexibility index (Phi) is 4.01. The van der Waals surface area contributed by atoms with Crippen LogP contribution in [-0.4, -0.2) is 13.2 Å². The predicted molar refractivity (Wildman–Crippen MR) is 60.2 cm³/mol. The largest absolute Gasteiger partial charge is 0.493 e. The molecule has 4 nitrogen and oxygen atoms in total. The number of rotatable bonds is 4. The molecular weight excluding hydrogens is 190 g/mol. The Balaban J connectivity index is 2.75. The molecule has 1 aromatic rings. The molecule has 15 heavy (non-hydrogen) atoms. The van der Waals surface area contributed by atoms with Crippen LogP contribution in [-0.2, 0) is 0 Å². The van der Waals surface area contributed by atoms with Gasteiger partial charge in [-0.05, 0) is 43.0 Å². The van der Waals surface area contributed by atoms with Gasteiger partial charge in [-0.2, -0.15) is 0 Å². The molecule has 0 N–H and O–H groups in total. The quantitative estimate of drug-likeness (QED) is 0.322. The molecule has 0 saturated heterocycles. The number of aryl methyl sites for hydroxylation is 2. The van der Waals surface area contributed by atoms with Crippen molar-refractivity contribution in [1.82, 2.24) is 0 Å². The summed E-state index contributed by atoms with van der Waals surface area (Å²) in [6, 6.07) is 4.11. The third-order valence-corrected chi connectivity index (χ3v) is 2.37. The lowest BCUT2D eigenvalue weighted by atomic mass is 10.1. The second kappa shape index (κ2) is 5.27. The normalized spacial score (nSPS) is 9.53. The van der Waals surface area contributed by atoms with E-state index in [9.17, 15) is 0 Å². The lowest BCUT2D eigenvalue weighted by molar-refractivity contribution is 0.323. The molecule has 0 unspecified atom stereocenters. The van der Waals surface area contributed by atoms with Crippen molar-refractivity contribution < 1.29 is 4.74 Å². The van der Waals surface area contributed by atoms with Crippen LogP contribution in [0.25, 0.3) is 10.4 Å². The van der Waals surface area contributed by atoms with Crippen molar-refractivity contribution in [3.05, 3.63) is 39.3 Å². The average molecular weight is 205 g/mol. The summed E-state index contributed by atoms with van der Waals surface area (Å²) in [4.78, 5) is 2.67. The van der Waals surface area contributed by atoms with Crippen molar-refractivity contribution in [2.24, 2.45) is 5.11 Å². The summed E-state index contributed by atoms with van der Waals surface area (Å²) in [6.07, 6.45) is 0. The zero-order valence-electron chi connectivity index (χ0n) is 9.32. The van der Waals surface area contributed by atoms with Crippen LogP contribution in [0, 0.1) is 20.8 Å². The third kappa shape index (κ3) is 2.89. The van der Waals surface area contributed by atoms with Crippen LogP contribution in [0.5, 0.6) is 5.75 Å². The second-order valence-electron chi connectivity index (χ2n) is 3.46. The van der Waals surface area contributed by atoms with Gasteiger partial charge in [0.1, 0.15) is 5.75 Å². The zero-order valence-corrected chi connectivity index (χ0v) is 9.32. The van der Waals surface area contributed by atoms with E-state index in [1.165, 1.54) is 5.56 Å². The number of ether oxygens (including phenoxy) is 1. The van der Waals surface area contributed by atoms with Crippen LogP contribution in [0.15, 0.2) is 17.2 Å². The lowest BCUT2D eigenvalue weighted by Gasteiger charge is -2.12. The van der Waals surface area contributed by atoms with Gasteiger partial charge in [-0.25, -0.2) is 0 Å². The van der Waals surface area contributed by atoms with Crippen LogP contribution < -0.4 is 4.74 Å². The molecule has 0 atom stereocenters. The van der Waals surface area contributed by atoms with Crippen molar-refractivity contribution in [3.8, 4) is 5.75 Å². The Morgan fingerprint density at radius 1 is 1.27 bits per heavy atom. The number of hydrogen-bond acceptors (Lipinski definition) is 2. The van der Waals surface area contributed by atoms with Crippen molar-refractivity contribution in [3.63, 3.8) is 0 Å². The summed E-state index contributed by atoms with van der Waals surface area (Å²) in [5, 5.41) is 3.42. The van der Waals surface area contributed by atoms with E-state index in [1.54, 1.807) is 0 Å². The first-order chi connectivity index (χ1) is 7.16. The Morgan fingerprint density at radius 2 is 1.93 bits per heavy atom. The molecule has 1 aromatic carbocycles. The van der Waals surface area contributed by atoms with E-state index in [2.05, 4.69) is 23.0 Å². The molecule has 0 aliphatic carbocycles. The van der Waals surface area contributed by atoms with Crippen LogP contribution in [0.2, 0.25) is 0 Å². The Labute approximate surface area is 89.5 Å². The van der Waals surface area contributed by atoms with Gasteiger partial charge in [-0.1, -0.05) is 17.2 Å². The highest BCUT2D eigenvalue weighted by molar-refractivity contribution is 5.44. The summed E-state index contributed by atoms with van der Waals surface area (Å²) < 4.78 is 5.59. The molecule has 0 amide bonds. The van der Waals surface area contributed by atoms with Gasteiger partial charge < -0.3 is 4.74 Å². The van der Waals surface area contributed by atoms with Gasteiger partial charge in [0, 0.05) is 4.91 Å². The summed E-state index contributed by atoms with van der Waals surface area (Å²) >= 11 is 0. The van der Waals surface area contributed by atoms with E-state index >= 15 is 0 Å². The summed E-state index contributed by atoms with van der Waals surface area (Å²) in [6.45, 7) is 6.88. The monoisotopic (exact) mass is 205 g/mol. The minimum atomic E-state index is 0.364. The molecule has 80 valence electrons. The van der Waals surface area contributed by atoms with Crippen LogP contribution >= 0.6 is 0 Å². The molecule has 0 spiro atoms. The number of nitrogens with zero attached hydrogens (tertiary/aromatic N) is 3. The van der Waals surface area contributed by atoms with E-state index in [-0.39, 0.29) is 0 Å². The van der Waals surface area contributed by atoms with Gasteiger partial charge in [-0.3, -0.25) is 0 Å². The topological polar surface area (TPSA) is 58.0 Å². The molecular formula is C11H15N3O. The first-order valence-electron chi connectivity index (χ1n) is 4.87. The van der Waals surface area contributed by atoms with E-state index in [0.717, 1.165) is 16.9 Å². The van der Waals surface area contributed by atoms with Gasteiger partial charge in [0.25, 0.3) is 0 Å². The highest BCUT2D eigenvalue weighted by Crippen LogP contribution is 2.25. The fourth-order valence-electron chi connectivity index (χ4n) is 1.38. The average Bonchev–Trinajstić information content (AvgIpc) is 2.23. The second-order valence-corrected chi connectivity index (χ2v) is 3.46. The fourth-order valence-corrected chi connectivity index (χ4v) is 1.38. The number of azide groups is 1. The Hall–Kier alpha value is -1.67. The maximum Gasteiger partial charge on any atom is 0.125 e. The van der Waals surface area contributed by atoms with E-state index in [0.29, 0.717) is 13.2 Å². The lowest BCUT2D eigenvalue weighted by Crippen LogP contribution is -2.03. The molecule has 0 fully saturated rings. The molecule has 0 aliphatic rings. The molecule has 1 rings (SSSR count). The molecule has 0 bridgehead atoms. The van der Waals surface area contributed by atoms with Gasteiger partial charge in [0.15, 0.2) is 0 Å². The molecule has 0 saturated carbocycles. The van der Waals surface area contributed by atoms with Gasteiger partial charge in [0.2, 0.25) is 0 Å². The smallest absolute Gasteiger partial charge is 0.125 e. The van der Waals surface area contributed by atoms with Crippen molar-refractivity contribution in [1.29, 1.82) is 0 Å². The molecule has 0 heterocycles. The maximum atomic E-state index is 8.12. The van der Waals surface area contributed by atoms with Gasteiger partial charge in [0.05, 0.1) is 13.2 Å². The first-order valence-corrected chi connectivity index (χ1v) is 4.87. The third-order valence-electron chi connectivity index (χ3n) is 2.37. The minimum Gasteiger partial charge on any atom is -0.493 e. The molecule has 0 aliphatic heterocycles. The van der Waals surface area contributed by atoms with Crippen LogP contribution in [0.4, 0.5) is 0 Å². The van der Waals surface area contributed by atoms with Gasteiger partial charge >= 0.3 is 0 Å². The minimum absolute atomic E-state index is 0.364. The Morgan fingerprint density at radius 3 is 2.60 bits per heavy atom. The SMILES string of the molecule is Cc1ccc(C)c(OCCN=[N+]=[N-])c1C.